The molecule has 0 aliphatic heterocycles. The minimum atomic E-state index is -0.962. The fourth-order valence-electron chi connectivity index (χ4n) is 2.33. The van der Waals surface area contributed by atoms with Crippen molar-refractivity contribution < 1.29 is 29.6 Å². The van der Waals surface area contributed by atoms with Gasteiger partial charge in [-0.3, -0.25) is 4.79 Å². The van der Waals surface area contributed by atoms with Crippen molar-refractivity contribution in [2.24, 2.45) is 0 Å². The summed E-state index contributed by atoms with van der Waals surface area (Å²) in [6.45, 7) is 0. The van der Waals surface area contributed by atoms with Crippen LogP contribution in [0.3, 0.4) is 0 Å². The van der Waals surface area contributed by atoms with Crippen LogP contribution in [0.25, 0.3) is 22.3 Å². The monoisotopic (exact) mass is 316 g/mol. The van der Waals surface area contributed by atoms with E-state index in [0.717, 1.165) is 7.11 Å². The van der Waals surface area contributed by atoms with Gasteiger partial charge in [-0.15, -0.1) is 0 Å². The minimum absolute atomic E-state index is 0.192. The molecule has 0 unspecified atom stereocenters. The number of hydrogen-bond donors (Lipinski definition) is 4. The van der Waals surface area contributed by atoms with Crippen LogP contribution in [0.5, 0.6) is 28.7 Å². The zero-order valence-corrected chi connectivity index (χ0v) is 11.9. The summed E-state index contributed by atoms with van der Waals surface area (Å²) in [6.07, 6.45) is 0. The highest BCUT2D eigenvalue weighted by molar-refractivity contribution is 5.95. The van der Waals surface area contributed by atoms with Gasteiger partial charge in [0.1, 0.15) is 5.39 Å². The van der Waals surface area contributed by atoms with E-state index < -0.39 is 45.1 Å². The average Bonchev–Trinajstić information content (AvgIpc) is 2.56. The van der Waals surface area contributed by atoms with E-state index in [1.165, 1.54) is 0 Å². The molecule has 0 aliphatic carbocycles. The molecule has 7 nitrogen and oxygen atoms in total. The molecule has 0 amide bonds. The number of hydrogen-bond acceptors (Lipinski definition) is 7. The fourth-order valence-corrected chi connectivity index (χ4v) is 2.33. The van der Waals surface area contributed by atoms with Crippen LogP contribution in [0.2, 0.25) is 0 Å². The fraction of sp³-hybridized carbons (Fsp3) is 0.0625. The summed E-state index contributed by atoms with van der Waals surface area (Å²) in [5, 5.41) is 39.5. The van der Waals surface area contributed by atoms with E-state index in [-0.39, 0.29) is 5.76 Å². The first-order valence-corrected chi connectivity index (χ1v) is 6.53. The molecule has 3 rings (SSSR count). The van der Waals surface area contributed by atoms with E-state index in [1.54, 1.807) is 30.3 Å². The summed E-state index contributed by atoms with van der Waals surface area (Å²) in [6, 6.07) is 8.25. The van der Waals surface area contributed by atoms with Crippen molar-refractivity contribution in [3.63, 3.8) is 0 Å². The van der Waals surface area contributed by atoms with E-state index in [4.69, 9.17) is 9.15 Å². The Morgan fingerprint density at radius 1 is 0.913 bits per heavy atom. The third-order valence-corrected chi connectivity index (χ3v) is 3.43. The molecule has 0 bridgehead atoms. The number of methoxy groups -OCH3 is 1. The standard InChI is InChI=1S/C16H12O7/c1-22-16-10(18)8-9(17)11(19)14(7-5-3-2-4-6-7)23-15(8)12(20)13(16)21/h2-6,18-21H,1H3. The number of benzene rings is 2. The van der Waals surface area contributed by atoms with Crippen molar-refractivity contribution in [1.29, 1.82) is 0 Å². The van der Waals surface area contributed by atoms with Crippen LogP contribution >= 0.6 is 0 Å². The van der Waals surface area contributed by atoms with Crippen LogP contribution in [-0.2, 0) is 0 Å². The first-order valence-electron chi connectivity index (χ1n) is 6.53. The van der Waals surface area contributed by atoms with Gasteiger partial charge in [-0.1, -0.05) is 30.3 Å². The Morgan fingerprint density at radius 2 is 1.57 bits per heavy atom. The number of fused-ring (bicyclic) bond motifs is 1. The molecule has 0 spiro atoms. The van der Waals surface area contributed by atoms with Crippen molar-refractivity contribution in [2.75, 3.05) is 7.11 Å². The maximum Gasteiger partial charge on any atom is 0.239 e. The van der Waals surface area contributed by atoms with Gasteiger partial charge in [0.25, 0.3) is 0 Å². The lowest BCUT2D eigenvalue weighted by atomic mass is 10.1. The molecular formula is C16H12O7. The van der Waals surface area contributed by atoms with Crippen LogP contribution in [0.15, 0.2) is 39.5 Å². The number of rotatable bonds is 2. The molecule has 1 heterocycles. The highest BCUT2D eigenvalue weighted by Crippen LogP contribution is 2.49. The van der Waals surface area contributed by atoms with Crippen molar-refractivity contribution in [3.8, 4) is 40.1 Å². The number of phenols is 3. The topological polar surface area (TPSA) is 120 Å². The maximum absolute atomic E-state index is 12.4. The third kappa shape index (κ3) is 2.02. The Labute approximate surface area is 129 Å². The van der Waals surface area contributed by atoms with Gasteiger partial charge in [0.2, 0.25) is 28.4 Å². The second-order valence-electron chi connectivity index (χ2n) is 4.76. The molecule has 3 aromatic rings. The summed E-state index contributed by atoms with van der Waals surface area (Å²) in [5.41, 5.74) is -1.03. The molecule has 7 heteroatoms. The molecule has 2 aromatic carbocycles. The lowest BCUT2D eigenvalue weighted by Crippen LogP contribution is -2.04. The van der Waals surface area contributed by atoms with Crippen molar-refractivity contribution in [2.45, 2.75) is 0 Å². The average molecular weight is 316 g/mol. The Bertz CT molecular complexity index is 958. The molecule has 4 N–H and O–H groups in total. The van der Waals surface area contributed by atoms with Gasteiger partial charge in [0.15, 0.2) is 17.1 Å². The predicted molar refractivity (Wildman–Crippen MR) is 81.1 cm³/mol. The number of aromatic hydroxyl groups is 4. The van der Waals surface area contributed by atoms with Gasteiger partial charge in [0, 0.05) is 5.56 Å². The highest BCUT2D eigenvalue weighted by atomic mass is 16.5. The van der Waals surface area contributed by atoms with Crippen molar-refractivity contribution in [3.05, 3.63) is 40.6 Å². The van der Waals surface area contributed by atoms with Gasteiger partial charge in [-0.05, 0) is 0 Å². The van der Waals surface area contributed by atoms with E-state index in [9.17, 15) is 25.2 Å². The van der Waals surface area contributed by atoms with Gasteiger partial charge < -0.3 is 29.6 Å². The van der Waals surface area contributed by atoms with E-state index >= 15 is 0 Å². The van der Waals surface area contributed by atoms with Crippen LogP contribution in [0.4, 0.5) is 0 Å². The molecule has 0 radical (unpaired) electrons. The second kappa shape index (κ2) is 5.13. The van der Waals surface area contributed by atoms with Gasteiger partial charge in [-0.2, -0.15) is 0 Å². The summed E-state index contributed by atoms with van der Waals surface area (Å²) >= 11 is 0. The van der Waals surface area contributed by atoms with Crippen LogP contribution in [0, 0.1) is 0 Å². The third-order valence-electron chi connectivity index (χ3n) is 3.43. The Hall–Kier alpha value is -3.35. The summed E-state index contributed by atoms with van der Waals surface area (Å²) < 4.78 is 10.1. The Morgan fingerprint density at radius 3 is 2.17 bits per heavy atom. The smallest absolute Gasteiger partial charge is 0.239 e. The van der Waals surface area contributed by atoms with E-state index in [2.05, 4.69) is 0 Å². The van der Waals surface area contributed by atoms with E-state index in [1.807, 2.05) is 0 Å². The minimum Gasteiger partial charge on any atom is -0.504 e. The van der Waals surface area contributed by atoms with Gasteiger partial charge in [-0.25, -0.2) is 0 Å². The second-order valence-corrected chi connectivity index (χ2v) is 4.76. The molecule has 0 fully saturated rings. The SMILES string of the molecule is COc1c(O)c(O)c2oc(-c3ccccc3)c(O)c(=O)c2c1O. The molecule has 23 heavy (non-hydrogen) atoms. The van der Waals surface area contributed by atoms with Crippen molar-refractivity contribution >= 4 is 11.0 Å². The lowest BCUT2D eigenvalue weighted by molar-refractivity contribution is 0.329. The maximum atomic E-state index is 12.4. The van der Waals surface area contributed by atoms with E-state index in [0.29, 0.717) is 5.56 Å². The zero-order chi connectivity index (χ0) is 16.7. The first kappa shape index (κ1) is 14.6. The summed E-state index contributed by atoms with van der Waals surface area (Å²) in [7, 11) is 1.14. The zero-order valence-electron chi connectivity index (χ0n) is 11.9. The molecule has 0 aliphatic rings. The van der Waals surface area contributed by atoms with Gasteiger partial charge >= 0.3 is 0 Å². The molecule has 0 saturated heterocycles. The van der Waals surface area contributed by atoms with Crippen LogP contribution in [0.1, 0.15) is 0 Å². The first-order chi connectivity index (χ1) is 11.0. The summed E-state index contributed by atoms with van der Waals surface area (Å²) in [5.74, 6) is -3.70. The number of ether oxygens (including phenoxy) is 1. The lowest BCUT2D eigenvalue weighted by Gasteiger charge is -2.12. The molecule has 0 saturated carbocycles. The number of phenolic OH excluding ortho intramolecular Hbond substituents is 3. The summed E-state index contributed by atoms with van der Waals surface area (Å²) in [4.78, 5) is 12.4. The predicted octanol–water partition coefficient (Wildman–Crippen LogP) is 2.29. The normalized spacial score (nSPS) is 10.8. The Balaban J connectivity index is 2.49. The molecule has 1 aromatic heterocycles. The van der Waals surface area contributed by atoms with Gasteiger partial charge in [0.05, 0.1) is 7.11 Å². The quantitative estimate of drug-likeness (QED) is 0.423. The van der Waals surface area contributed by atoms with Crippen LogP contribution in [-0.4, -0.2) is 27.5 Å². The largest absolute Gasteiger partial charge is 0.504 e. The molecule has 0 atom stereocenters. The molecular weight excluding hydrogens is 304 g/mol. The van der Waals surface area contributed by atoms with Crippen LogP contribution < -0.4 is 10.2 Å². The molecule has 118 valence electrons. The highest BCUT2D eigenvalue weighted by Gasteiger charge is 2.26. The van der Waals surface area contributed by atoms with Crippen molar-refractivity contribution in [1.82, 2.24) is 0 Å². The Kier molecular flexibility index (Phi) is 3.25.